The van der Waals surface area contributed by atoms with Crippen LogP contribution in [0, 0.1) is 12.7 Å². The Morgan fingerprint density at radius 2 is 2.04 bits per heavy atom. The first kappa shape index (κ1) is 17.1. The highest BCUT2D eigenvalue weighted by molar-refractivity contribution is 7.91. The van der Waals surface area contributed by atoms with Gasteiger partial charge in [0.05, 0.1) is 15.9 Å². The Morgan fingerprint density at radius 1 is 1.29 bits per heavy atom. The summed E-state index contributed by atoms with van der Waals surface area (Å²) in [5.74, 6) is -0.820. The van der Waals surface area contributed by atoms with Crippen molar-refractivity contribution in [2.24, 2.45) is 0 Å². The van der Waals surface area contributed by atoms with Gasteiger partial charge in [-0.25, -0.2) is 12.8 Å². The molecule has 3 rings (SSSR count). The third kappa shape index (κ3) is 3.37. The van der Waals surface area contributed by atoms with Crippen LogP contribution in [-0.4, -0.2) is 38.1 Å². The number of halogens is 1. The molecule has 0 bridgehead atoms. The molecule has 4 nitrogen and oxygen atoms in total. The summed E-state index contributed by atoms with van der Waals surface area (Å²) >= 11 is 1.36. The van der Waals surface area contributed by atoms with E-state index in [1.807, 2.05) is 12.3 Å². The molecular weight excluding hydrogens is 349 g/mol. The standard InChI is InChI=1S/C17H18FNO3S2/c1-12-10-15(23-11-12)17(20)19-7-6-16(24(21,22)9-8-19)13-4-2-3-5-14(13)18/h2-5,10-11,16H,6-9H2,1H3. The highest BCUT2D eigenvalue weighted by Crippen LogP contribution is 2.31. The second kappa shape index (κ2) is 6.64. The molecule has 1 atom stereocenters. The van der Waals surface area contributed by atoms with Gasteiger partial charge in [-0.2, -0.15) is 0 Å². The zero-order valence-corrected chi connectivity index (χ0v) is 14.9. The molecule has 7 heteroatoms. The zero-order chi connectivity index (χ0) is 17.3. The van der Waals surface area contributed by atoms with Gasteiger partial charge in [0, 0.05) is 18.7 Å². The van der Waals surface area contributed by atoms with Gasteiger partial charge in [-0.05, 0) is 36.4 Å². The summed E-state index contributed by atoms with van der Waals surface area (Å²) in [5.41, 5.74) is 1.20. The van der Waals surface area contributed by atoms with E-state index in [1.54, 1.807) is 17.0 Å². The van der Waals surface area contributed by atoms with Crippen molar-refractivity contribution >= 4 is 27.1 Å². The summed E-state index contributed by atoms with van der Waals surface area (Å²) in [7, 11) is -3.51. The van der Waals surface area contributed by atoms with Crippen molar-refractivity contribution in [2.75, 3.05) is 18.8 Å². The Morgan fingerprint density at radius 3 is 2.71 bits per heavy atom. The smallest absolute Gasteiger partial charge is 0.263 e. The number of benzene rings is 1. The van der Waals surface area contributed by atoms with Crippen LogP contribution in [0.25, 0.3) is 0 Å². The summed E-state index contributed by atoms with van der Waals surface area (Å²) in [5, 5.41) is 0.991. The van der Waals surface area contributed by atoms with Gasteiger partial charge in [0.15, 0.2) is 9.84 Å². The lowest BCUT2D eigenvalue weighted by molar-refractivity contribution is 0.0771. The summed E-state index contributed by atoms with van der Waals surface area (Å²) < 4.78 is 39.2. The van der Waals surface area contributed by atoms with E-state index in [-0.39, 0.29) is 30.2 Å². The molecule has 1 saturated heterocycles. The SMILES string of the molecule is Cc1csc(C(=O)N2CCC(c3ccccc3F)S(=O)(=O)CC2)c1. The Labute approximate surface area is 144 Å². The fourth-order valence-electron chi connectivity index (χ4n) is 2.93. The van der Waals surface area contributed by atoms with E-state index in [1.165, 1.54) is 29.5 Å². The van der Waals surface area contributed by atoms with Gasteiger partial charge in [0.25, 0.3) is 5.91 Å². The third-order valence-electron chi connectivity index (χ3n) is 4.22. The van der Waals surface area contributed by atoms with Gasteiger partial charge in [0.1, 0.15) is 5.82 Å². The number of hydrogen-bond donors (Lipinski definition) is 0. The summed E-state index contributed by atoms with van der Waals surface area (Å²) in [6, 6.07) is 7.76. The minimum Gasteiger partial charge on any atom is -0.337 e. The normalized spacial score (nSPS) is 20.6. The van der Waals surface area contributed by atoms with E-state index < -0.39 is 20.9 Å². The molecule has 1 aliphatic rings. The van der Waals surface area contributed by atoms with Gasteiger partial charge in [-0.3, -0.25) is 4.79 Å². The lowest BCUT2D eigenvalue weighted by Crippen LogP contribution is -2.33. The molecule has 0 saturated carbocycles. The molecule has 0 spiro atoms. The van der Waals surface area contributed by atoms with Gasteiger partial charge >= 0.3 is 0 Å². The molecule has 1 unspecified atom stereocenters. The average Bonchev–Trinajstić information content (AvgIpc) is 2.90. The first-order chi connectivity index (χ1) is 11.4. The van der Waals surface area contributed by atoms with Crippen molar-refractivity contribution in [1.29, 1.82) is 0 Å². The average molecular weight is 367 g/mol. The molecular formula is C17H18FNO3S2. The van der Waals surface area contributed by atoms with E-state index in [4.69, 9.17) is 0 Å². The van der Waals surface area contributed by atoms with Crippen LogP contribution in [0.4, 0.5) is 4.39 Å². The fraction of sp³-hybridized carbons (Fsp3) is 0.353. The topological polar surface area (TPSA) is 54.5 Å². The van der Waals surface area contributed by atoms with Crippen molar-refractivity contribution in [3.05, 3.63) is 57.5 Å². The van der Waals surface area contributed by atoms with Gasteiger partial charge in [0.2, 0.25) is 0 Å². The fourth-order valence-corrected chi connectivity index (χ4v) is 5.60. The van der Waals surface area contributed by atoms with Gasteiger partial charge in [-0.15, -0.1) is 11.3 Å². The molecule has 1 aromatic carbocycles. The molecule has 1 amide bonds. The number of thiophene rings is 1. The highest BCUT2D eigenvalue weighted by Gasteiger charge is 2.34. The van der Waals surface area contributed by atoms with Crippen molar-refractivity contribution in [2.45, 2.75) is 18.6 Å². The molecule has 0 N–H and O–H groups in total. The number of carbonyl (C=O) groups is 1. The maximum Gasteiger partial charge on any atom is 0.263 e. The summed E-state index contributed by atoms with van der Waals surface area (Å²) in [6.07, 6.45) is 0.208. The molecule has 24 heavy (non-hydrogen) atoms. The van der Waals surface area contributed by atoms with Crippen LogP contribution in [0.3, 0.4) is 0 Å². The maximum absolute atomic E-state index is 14.0. The van der Waals surface area contributed by atoms with E-state index in [0.717, 1.165) is 5.56 Å². The zero-order valence-electron chi connectivity index (χ0n) is 13.2. The van der Waals surface area contributed by atoms with E-state index >= 15 is 0 Å². The molecule has 1 fully saturated rings. The molecule has 128 valence electrons. The van der Waals surface area contributed by atoms with Crippen LogP contribution in [0.2, 0.25) is 0 Å². The number of rotatable bonds is 2. The molecule has 1 aliphatic heterocycles. The molecule has 0 radical (unpaired) electrons. The Balaban J connectivity index is 1.85. The largest absolute Gasteiger partial charge is 0.337 e. The lowest BCUT2D eigenvalue weighted by atomic mass is 10.1. The minimum absolute atomic E-state index is 0.142. The van der Waals surface area contributed by atoms with E-state index in [2.05, 4.69) is 0 Å². The Kier molecular flexibility index (Phi) is 4.73. The quantitative estimate of drug-likeness (QED) is 0.819. The molecule has 0 aliphatic carbocycles. The van der Waals surface area contributed by atoms with E-state index in [0.29, 0.717) is 11.4 Å². The van der Waals surface area contributed by atoms with Crippen LogP contribution < -0.4 is 0 Å². The monoisotopic (exact) mass is 367 g/mol. The summed E-state index contributed by atoms with van der Waals surface area (Å²) in [4.78, 5) is 14.7. The van der Waals surface area contributed by atoms with Crippen LogP contribution in [0.15, 0.2) is 35.7 Å². The van der Waals surface area contributed by atoms with Crippen LogP contribution in [0.1, 0.15) is 32.5 Å². The predicted octanol–water partition coefficient (Wildman–Crippen LogP) is 3.20. The van der Waals surface area contributed by atoms with Crippen molar-refractivity contribution in [3.63, 3.8) is 0 Å². The highest BCUT2D eigenvalue weighted by atomic mass is 32.2. The first-order valence-corrected chi connectivity index (χ1v) is 10.3. The van der Waals surface area contributed by atoms with Crippen LogP contribution >= 0.6 is 11.3 Å². The molecule has 2 heterocycles. The third-order valence-corrected chi connectivity index (χ3v) is 7.37. The number of aryl methyl sites for hydroxylation is 1. The van der Waals surface area contributed by atoms with Gasteiger partial charge < -0.3 is 4.90 Å². The summed E-state index contributed by atoms with van der Waals surface area (Å²) in [6.45, 7) is 2.35. The first-order valence-electron chi connectivity index (χ1n) is 7.69. The lowest BCUT2D eigenvalue weighted by Gasteiger charge is -2.19. The minimum atomic E-state index is -3.51. The van der Waals surface area contributed by atoms with E-state index in [9.17, 15) is 17.6 Å². The van der Waals surface area contributed by atoms with Crippen molar-refractivity contribution in [1.82, 2.24) is 4.90 Å². The second-order valence-electron chi connectivity index (χ2n) is 5.95. The molecule has 1 aromatic heterocycles. The number of amides is 1. The number of nitrogens with zero attached hydrogens (tertiary/aromatic N) is 1. The van der Waals surface area contributed by atoms with Gasteiger partial charge in [-0.1, -0.05) is 18.2 Å². The van der Waals surface area contributed by atoms with Crippen molar-refractivity contribution < 1.29 is 17.6 Å². The number of hydrogen-bond acceptors (Lipinski definition) is 4. The Hall–Kier alpha value is -1.73. The maximum atomic E-state index is 14.0. The number of sulfone groups is 1. The number of carbonyl (C=O) groups excluding carboxylic acids is 1. The van der Waals surface area contributed by atoms with Crippen molar-refractivity contribution in [3.8, 4) is 0 Å². The predicted molar refractivity (Wildman–Crippen MR) is 92.5 cm³/mol. The Bertz CT molecular complexity index is 860. The second-order valence-corrected chi connectivity index (χ2v) is 9.16. The van der Waals surface area contributed by atoms with Crippen LogP contribution in [-0.2, 0) is 9.84 Å². The van der Waals surface area contributed by atoms with Crippen LogP contribution in [0.5, 0.6) is 0 Å². The molecule has 2 aromatic rings.